The van der Waals surface area contributed by atoms with Gasteiger partial charge in [-0.25, -0.2) is 0 Å². The molecule has 5 nitrogen and oxygen atoms in total. The maximum Gasteiger partial charge on any atom is 0.244 e. The number of nitrogens with zero attached hydrogens (tertiary/aromatic N) is 4. The van der Waals surface area contributed by atoms with Crippen molar-refractivity contribution in [3.05, 3.63) is 52.8 Å². The van der Waals surface area contributed by atoms with Gasteiger partial charge in [0.05, 0.1) is 24.5 Å². The van der Waals surface area contributed by atoms with Crippen LogP contribution in [0.15, 0.2) is 30.3 Å². The minimum absolute atomic E-state index is 0.161. The molecule has 0 fully saturated rings. The van der Waals surface area contributed by atoms with Crippen LogP contribution < -0.4 is 0 Å². The van der Waals surface area contributed by atoms with E-state index in [1.165, 1.54) is 0 Å². The molecule has 1 aromatic heterocycles. The van der Waals surface area contributed by atoms with Gasteiger partial charge in [0, 0.05) is 6.54 Å². The number of hydrogen-bond acceptors (Lipinski definition) is 3. The quantitative estimate of drug-likeness (QED) is 0.872. The SMILES string of the molecule is Cc1cc2n(n1)CCN(C(=O)[C@H](c1ccccc1C)N(C)C)C2. The third kappa shape index (κ3) is 3.01. The second-order valence-electron chi connectivity index (χ2n) is 6.48. The number of benzene rings is 1. The molecule has 0 bridgehead atoms. The highest BCUT2D eigenvalue weighted by Gasteiger charge is 2.31. The van der Waals surface area contributed by atoms with Crippen molar-refractivity contribution < 1.29 is 4.79 Å². The van der Waals surface area contributed by atoms with Crippen LogP contribution in [0.2, 0.25) is 0 Å². The monoisotopic (exact) mass is 312 g/mol. The summed E-state index contributed by atoms with van der Waals surface area (Å²) in [5, 5.41) is 4.47. The number of rotatable bonds is 3. The van der Waals surface area contributed by atoms with Crippen LogP contribution in [0.4, 0.5) is 0 Å². The van der Waals surface area contributed by atoms with E-state index in [4.69, 9.17) is 0 Å². The highest BCUT2D eigenvalue weighted by atomic mass is 16.2. The van der Waals surface area contributed by atoms with Crippen molar-refractivity contribution >= 4 is 5.91 Å². The Morgan fingerprint density at radius 2 is 1.96 bits per heavy atom. The normalized spacial score (nSPS) is 15.6. The number of aromatic nitrogens is 2. The fraction of sp³-hybridized carbons (Fsp3) is 0.444. The van der Waals surface area contributed by atoms with E-state index in [0.29, 0.717) is 13.1 Å². The van der Waals surface area contributed by atoms with E-state index >= 15 is 0 Å². The smallest absolute Gasteiger partial charge is 0.244 e. The van der Waals surface area contributed by atoms with Gasteiger partial charge in [0.15, 0.2) is 0 Å². The Balaban J connectivity index is 1.87. The molecule has 122 valence electrons. The van der Waals surface area contributed by atoms with Gasteiger partial charge in [-0.1, -0.05) is 24.3 Å². The van der Waals surface area contributed by atoms with Gasteiger partial charge >= 0.3 is 0 Å². The van der Waals surface area contributed by atoms with Crippen LogP contribution in [0.3, 0.4) is 0 Å². The number of carbonyl (C=O) groups is 1. The average molecular weight is 312 g/mol. The summed E-state index contributed by atoms with van der Waals surface area (Å²) in [6.07, 6.45) is 0. The van der Waals surface area contributed by atoms with E-state index < -0.39 is 0 Å². The van der Waals surface area contributed by atoms with Crippen LogP contribution >= 0.6 is 0 Å². The molecule has 1 aliphatic heterocycles. The lowest BCUT2D eigenvalue weighted by atomic mass is 9.99. The Labute approximate surface area is 137 Å². The van der Waals surface area contributed by atoms with E-state index in [0.717, 1.165) is 29.1 Å². The Kier molecular flexibility index (Phi) is 4.22. The molecule has 1 atom stereocenters. The van der Waals surface area contributed by atoms with Crippen molar-refractivity contribution in [2.24, 2.45) is 0 Å². The van der Waals surface area contributed by atoms with Crippen LogP contribution in [-0.4, -0.2) is 46.1 Å². The Hall–Kier alpha value is -2.14. The lowest BCUT2D eigenvalue weighted by Crippen LogP contribution is -2.44. The lowest BCUT2D eigenvalue weighted by Gasteiger charge is -2.34. The molecule has 1 aliphatic rings. The van der Waals surface area contributed by atoms with Crippen LogP contribution in [0.25, 0.3) is 0 Å². The minimum Gasteiger partial charge on any atom is -0.333 e. The van der Waals surface area contributed by atoms with E-state index in [9.17, 15) is 4.79 Å². The van der Waals surface area contributed by atoms with Crippen molar-refractivity contribution in [2.75, 3.05) is 20.6 Å². The number of carbonyl (C=O) groups excluding carboxylic acids is 1. The zero-order valence-corrected chi connectivity index (χ0v) is 14.3. The molecule has 0 spiro atoms. The van der Waals surface area contributed by atoms with Gasteiger partial charge in [-0.3, -0.25) is 14.4 Å². The summed E-state index contributed by atoms with van der Waals surface area (Å²) in [5.41, 5.74) is 4.36. The molecule has 0 aliphatic carbocycles. The summed E-state index contributed by atoms with van der Waals surface area (Å²) in [4.78, 5) is 17.1. The fourth-order valence-corrected chi connectivity index (χ4v) is 3.30. The standard InChI is InChI=1S/C18H24N4O/c1-13-7-5-6-8-16(13)17(20(3)4)18(23)21-9-10-22-15(12-21)11-14(2)19-22/h5-8,11,17H,9-10,12H2,1-4H3/t17-/m0/s1. The molecule has 2 aromatic rings. The average Bonchev–Trinajstić information content (AvgIpc) is 2.88. The molecule has 0 N–H and O–H groups in total. The summed E-state index contributed by atoms with van der Waals surface area (Å²) in [6, 6.07) is 9.95. The minimum atomic E-state index is -0.244. The molecular weight excluding hydrogens is 288 g/mol. The van der Waals surface area contributed by atoms with Gasteiger partial charge in [-0.15, -0.1) is 0 Å². The van der Waals surface area contributed by atoms with Crippen LogP contribution in [0.5, 0.6) is 0 Å². The van der Waals surface area contributed by atoms with Crippen LogP contribution in [-0.2, 0) is 17.9 Å². The van der Waals surface area contributed by atoms with Gasteiger partial charge in [0.25, 0.3) is 0 Å². The molecule has 0 unspecified atom stereocenters. The molecule has 1 amide bonds. The van der Waals surface area contributed by atoms with Crippen LogP contribution in [0, 0.1) is 13.8 Å². The van der Waals surface area contributed by atoms with Gasteiger partial charge < -0.3 is 4.90 Å². The number of likely N-dealkylation sites (N-methyl/N-ethyl adjacent to an activating group) is 1. The zero-order chi connectivity index (χ0) is 16.6. The predicted molar refractivity (Wildman–Crippen MR) is 90.0 cm³/mol. The number of hydrogen-bond donors (Lipinski definition) is 0. The zero-order valence-electron chi connectivity index (χ0n) is 14.3. The maximum atomic E-state index is 13.2. The number of fused-ring (bicyclic) bond motifs is 1. The Bertz CT molecular complexity index is 720. The molecule has 3 rings (SSSR count). The number of amides is 1. The second-order valence-corrected chi connectivity index (χ2v) is 6.48. The van der Waals surface area contributed by atoms with Crippen molar-refractivity contribution in [2.45, 2.75) is 33.0 Å². The molecule has 0 saturated carbocycles. The Morgan fingerprint density at radius 1 is 1.22 bits per heavy atom. The molecule has 1 aromatic carbocycles. The highest BCUT2D eigenvalue weighted by molar-refractivity contribution is 5.83. The summed E-state index contributed by atoms with van der Waals surface area (Å²) in [6.45, 7) is 6.17. The van der Waals surface area contributed by atoms with Crippen molar-refractivity contribution in [1.29, 1.82) is 0 Å². The first-order valence-corrected chi connectivity index (χ1v) is 8.01. The van der Waals surface area contributed by atoms with E-state index in [-0.39, 0.29) is 11.9 Å². The highest BCUT2D eigenvalue weighted by Crippen LogP contribution is 2.26. The third-order valence-corrected chi connectivity index (χ3v) is 4.47. The van der Waals surface area contributed by atoms with Crippen molar-refractivity contribution in [3.8, 4) is 0 Å². The number of aryl methyl sites for hydroxylation is 2. The predicted octanol–water partition coefficient (Wildman–Crippen LogP) is 2.15. The summed E-state index contributed by atoms with van der Waals surface area (Å²) in [5.74, 6) is 0.161. The molecule has 0 radical (unpaired) electrons. The van der Waals surface area contributed by atoms with Crippen molar-refractivity contribution in [3.63, 3.8) is 0 Å². The molecule has 5 heteroatoms. The lowest BCUT2D eigenvalue weighted by molar-refractivity contribution is -0.138. The Morgan fingerprint density at radius 3 is 2.65 bits per heavy atom. The topological polar surface area (TPSA) is 41.4 Å². The summed E-state index contributed by atoms with van der Waals surface area (Å²) < 4.78 is 2.01. The maximum absolute atomic E-state index is 13.2. The molecular formula is C18H24N4O. The van der Waals surface area contributed by atoms with E-state index in [2.05, 4.69) is 30.2 Å². The fourth-order valence-electron chi connectivity index (χ4n) is 3.30. The second kappa shape index (κ2) is 6.16. The van der Waals surface area contributed by atoms with Gasteiger partial charge in [-0.2, -0.15) is 5.10 Å². The van der Waals surface area contributed by atoms with E-state index in [1.807, 2.05) is 47.6 Å². The first-order chi connectivity index (χ1) is 11.0. The largest absolute Gasteiger partial charge is 0.333 e. The van der Waals surface area contributed by atoms with Crippen LogP contribution in [0.1, 0.15) is 28.6 Å². The van der Waals surface area contributed by atoms with Gasteiger partial charge in [-0.05, 0) is 45.1 Å². The van der Waals surface area contributed by atoms with Crippen molar-refractivity contribution in [1.82, 2.24) is 19.6 Å². The summed E-state index contributed by atoms with van der Waals surface area (Å²) in [7, 11) is 3.93. The van der Waals surface area contributed by atoms with Gasteiger partial charge in [0.1, 0.15) is 6.04 Å². The third-order valence-electron chi connectivity index (χ3n) is 4.47. The molecule has 23 heavy (non-hydrogen) atoms. The molecule has 2 heterocycles. The summed E-state index contributed by atoms with van der Waals surface area (Å²) >= 11 is 0. The van der Waals surface area contributed by atoms with Gasteiger partial charge in [0.2, 0.25) is 5.91 Å². The first kappa shape index (κ1) is 15.7. The van der Waals surface area contributed by atoms with E-state index in [1.54, 1.807) is 0 Å². The first-order valence-electron chi connectivity index (χ1n) is 8.01. The molecule has 0 saturated heterocycles.